The van der Waals surface area contributed by atoms with Gasteiger partial charge in [0, 0.05) is 27.5 Å². The summed E-state index contributed by atoms with van der Waals surface area (Å²) in [5.41, 5.74) is 13.3. The first-order valence-corrected chi connectivity index (χ1v) is 19.2. The molecule has 1 aliphatic rings. The third-order valence-corrected chi connectivity index (χ3v) is 12.1. The van der Waals surface area contributed by atoms with Crippen molar-refractivity contribution < 1.29 is 4.42 Å². The molecule has 8 aromatic carbocycles. The zero-order valence-corrected chi connectivity index (χ0v) is 31.4. The van der Waals surface area contributed by atoms with Gasteiger partial charge in [0.2, 0.25) is 0 Å². The zero-order valence-electron chi connectivity index (χ0n) is 31.4. The monoisotopic (exact) mass is 697 g/mol. The molecule has 1 aliphatic carbocycles. The van der Waals surface area contributed by atoms with E-state index in [-0.39, 0.29) is 10.8 Å². The first kappa shape index (κ1) is 32.5. The fraction of sp³-hybridized carbons (Fsp3) is 0.154. The van der Waals surface area contributed by atoms with E-state index < -0.39 is 0 Å². The minimum atomic E-state index is 0.126. The Morgan fingerprint density at radius 3 is 1.96 bits per heavy atom. The fourth-order valence-corrected chi connectivity index (χ4v) is 8.95. The Morgan fingerprint density at radius 1 is 0.444 bits per heavy atom. The normalized spacial score (nSPS) is 14.8. The van der Waals surface area contributed by atoms with E-state index in [0.29, 0.717) is 0 Å². The van der Waals surface area contributed by atoms with Crippen molar-refractivity contribution in [1.29, 1.82) is 0 Å². The predicted octanol–water partition coefficient (Wildman–Crippen LogP) is 15.0. The third-order valence-electron chi connectivity index (χ3n) is 12.1. The Bertz CT molecular complexity index is 2890. The summed E-state index contributed by atoms with van der Waals surface area (Å²) in [6.45, 7) is 9.55. The van der Waals surface area contributed by atoms with Gasteiger partial charge in [-0.25, -0.2) is 0 Å². The molecule has 54 heavy (non-hydrogen) atoms. The molecule has 0 saturated heterocycles. The summed E-state index contributed by atoms with van der Waals surface area (Å²) in [5, 5.41) is 7.25. The Labute approximate surface area is 317 Å². The number of furan rings is 1. The van der Waals surface area contributed by atoms with E-state index >= 15 is 0 Å². The van der Waals surface area contributed by atoms with Crippen molar-refractivity contribution in [2.75, 3.05) is 4.90 Å². The molecule has 1 heterocycles. The molecule has 2 nitrogen and oxygen atoms in total. The summed E-state index contributed by atoms with van der Waals surface area (Å²) in [6.07, 6.45) is 2.37. The number of anilines is 3. The van der Waals surface area contributed by atoms with Gasteiger partial charge in [0.15, 0.2) is 0 Å². The van der Waals surface area contributed by atoms with E-state index in [1.54, 1.807) is 0 Å². The van der Waals surface area contributed by atoms with Crippen molar-refractivity contribution >= 4 is 60.5 Å². The van der Waals surface area contributed by atoms with Gasteiger partial charge in [0.25, 0.3) is 0 Å². The van der Waals surface area contributed by atoms with E-state index in [1.807, 2.05) is 0 Å². The van der Waals surface area contributed by atoms with E-state index in [0.717, 1.165) is 28.2 Å². The summed E-state index contributed by atoms with van der Waals surface area (Å²) in [5.74, 6) is 0. The fourth-order valence-electron chi connectivity index (χ4n) is 8.95. The molecule has 0 amide bonds. The van der Waals surface area contributed by atoms with Gasteiger partial charge in [0.1, 0.15) is 11.2 Å². The number of rotatable bonds is 5. The van der Waals surface area contributed by atoms with Crippen molar-refractivity contribution in [1.82, 2.24) is 0 Å². The second-order valence-corrected chi connectivity index (χ2v) is 16.4. The van der Waals surface area contributed by atoms with Crippen LogP contribution in [0.1, 0.15) is 51.7 Å². The Hall–Kier alpha value is -6.12. The van der Waals surface area contributed by atoms with E-state index in [4.69, 9.17) is 4.42 Å². The summed E-state index contributed by atoms with van der Waals surface area (Å²) < 4.78 is 6.62. The molecule has 0 aliphatic heterocycles. The van der Waals surface area contributed by atoms with E-state index in [2.05, 4.69) is 196 Å². The van der Waals surface area contributed by atoms with Crippen LogP contribution in [-0.4, -0.2) is 0 Å². The standard InChI is InChI=1S/C52H43NO/c1-51(2)27-28-52(3,4)46-33-49-44(32-45(46)51)50-43(20-12-22-48(50)54-49)39-24-23-38-31-41(26-25-37(38)29-39)53(47-21-11-16-35-15-8-9-19-42(35)47)40-18-10-17-36(30-40)34-13-6-5-7-14-34/h5-26,29-33H,27-28H2,1-4H3. The predicted molar refractivity (Wildman–Crippen MR) is 230 cm³/mol. The summed E-state index contributed by atoms with van der Waals surface area (Å²) in [4.78, 5) is 2.41. The van der Waals surface area contributed by atoms with Crippen LogP contribution in [0.25, 0.3) is 65.7 Å². The van der Waals surface area contributed by atoms with Crippen molar-refractivity contribution in [3.05, 3.63) is 175 Å². The Balaban J connectivity index is 1.11. The molecule has 0 spiro atoms. The number of benzene rings is 8. The third kappa shape index (κ3) is 5.31. The van der Waals surface area contributed by atoms with Crippen molar-refractivity contribution in [3.8, 4) is 22.3 Å². The van der Waals surface area contributed by atoms with Gasteiger partial charge in [-0.1, -0.05) is 137 Å². The highest BCUT2D eigenvalue weighted by molar-refractivity contribution is 6.13. The number of fused-ring (bicyclic) bond motifs is 6. The molecule has 9 aromatic rings. The molecule has 0 saturated carbocycles. The Kier molecular flexibility index (Phi) is 7.36. The highest BCUT2D eigenvalue weighted by Gasteiger charge is 2.38. The lowest BCUT2D eigenvalue weighted by molar-refractivity contribution is 0.332. The summed E-state index contributed by atoms with van der Waals surface area (Å²) >= 11 is 0. The quantitative estimate of drug-likeness (QED) is 0.178. The molecule has 0 N–H and O–H groups in total. The van der Waals surface area contributed by atoms with Crippen LogP contribution in [0.5, 0.6) is 0 Å². The van der Waals surface area contributed by atoms with Crippen LogP contribution in [0.2, 0.25) is 0 Å². The maximum atomic E-state index is 6.62. The molecular weight excluding hydrogens is 655 g/mol. The second-order valence-electron chi connectivity index (χ2n) is 16.4. The van der Waals surface area contributed by atoms with Gasteiger partial charge < -0.3 is 9.32 Å². The average Bonchev–Trinajstić information content (AvgIpc) is 3.58. The first-order chi connectivity index (χ1) is 26.2. The Morgan fingerprint density at radius 2 is 1.11 bits per heavy atom. The lowest BCUT2D eigenvalue weighted by Crippen LogP contribution is -2.33. The lowest BCUT2D eigenvalue weighted by Gasteiger charge is -2.41. The maximum Gasteiger partial charge on any atom is 0.136 e. The molecule has 0 atom stereocenters. The van der Waals surface area contributed by atoms with Gasteiger partial charge >= 0.3 is 0 Å². The molecule has 2 heteroatoms. The maximum absolute atomic E-state index is 6.62. The summed E-state index contributed by atoms with van der Waals surface area (Å²) in [6, 6.07) is 59.9. The highest BCUT2D eigenvalue weighted by atomic mass is 16.3. The highest BCUT2D eigenvalue weighted by Crippen LogP contribution is 2.49. The zero-order chi connectivity index (χ0) is 36.6. The second kappa shape index (κ2) is 12.2. The van der Waals surface area contributed by atoms with Gasteiger partial charge in [-0.3, -0.25) is 0 Å². The number of nitrogens with zero attached hydrogens (tertiary/aromatic N) is 1. The molecule has 0 fully saturated rings. The molecule has 10 rings (SSSR count). The van der Waals surface area contributed by atoms with E-state index in [9.17, 15) is 0 Å². The minimum absolute atomic E-state index is 0.126. The minimum Gasteiger partial charge on any atom is -0.456 e. The number of hydrogen-bond donors (Lipinski definition) is 0. The van der Waals surface area contributed by atoms with Crippen LogP contribution >= 0.6 is 0 Å². The molecule has 0 unspecified atom stereocenters. The van der Waals surface area contributed by atoms with Crippen LogP contribution in [0.3, 0.4) is 0 Å². The van der Waals surface area contributed by atoms with Crippen molar-refractivity contribution in [3.63, 3.8) is 0 Å². The van der Waals surface area contributed by atoms with Crippen LogP contribution in [-0.2, 0) is 10.8 Å². The molecule has 0 bridgehead atoms. The summed E-state index contributed by atoms with van der Waals surface area (Å²) in [7, 11) is 0. The smallest absolute Gasteiger partial charge is 0.136 e. The SMILES string of the molecule is CC1(C)CCC(C)(C)c2cc3c(cc21)oc1cccc(-c2ccc4cc(N(c5cccc(-c6ccccc6)c5)c5cccc6ccccc56)ccc4c2)c13. The van der Waals surface area contributed by atoms with Crippen LogP contribution in [0, 0.1) is 0 Å². The van der Waals surface area contributed by atoms with Gasteiger partial charge in [-0.15, -0.1) is 0 Å². The molecular formula is C52H43NO. The van der Waals surface area contributed by atoms with Crippen molar-refractivity contribution in [2.45, 2.75) is 51.4 Å². The molecule has 262 valence electrons. The van der Waals surface area contributed by atoms with Crippen LogP contribution < -0.4 is 4.90 Å². The van der Waals surface area contributed by atoms with Gasteiger partial charge in [-0.05, 0) is 128 Å². The molecule has 0 radical (unpaired) electrons. The molecule has 1 aromatic heterocycles. The van der Waals surface area contributed by atoms with Gasteiger partial charge in [-0.2, -0.15) is 0 Å². The topological polar surface area (TPSA) is 16.4 Å². The van der Waals surface area contributed by atoms with Crippen molar-refractivity contribution in [2.24, 2.45) is 0 Å². The lowest BCUT2D eigenvalue weighted by atomic mass is 9.63. The largest absolute Gasteiger partial charge is 0.456 e. The van der Waals surface area contributed by atoms with Gasteiger partial charge in [0.05, 0.1) is 5.69 Å². The first-order valence-electron chi connectivity index (χ1n) is 19.2. The van der Waals surface area contributed by atoms with Crippen LogP contribution in [0.4, 0.5) is 17.1 Å². The van der Waals surface area contributed by atoms with E-state index in [1.165, 1.54) is 78.5 Å². The average molecular weight is 698 g/mol. The van der Waals surface area contributed by atoms with Crippen LogP contribution in [0.15, 0.2) is 168 Å². The number of hydrogen-bond acceptors (Lipinski definition) is 2.